The molecule has 0 spiro atoms. The van der Waals surface area contributed by atoms with Gasteiger partial charge in [-0.2, -0.15) is 0 Å². The first-order chi connectivity index (χ1) is 6.81. The molecule has 0 saturated carbocycles. The number of hydrogen-bond donors (Lipinski definition) is 0. The van der Waals surface area contributed by atoms with E-state index < -0.39 is 0 Å². The van der Waals surface area contributed by atoms with Crippen molar-refractivity contribution >= 4 is 5.97 Å². The van der Waals surface area contributed by atoms with Crippen LogP contribution in [-0.4, -0.2) is 12.6 Å². The fourth-order valence-electron chi connectivity index (χ4n) is 1.23. The highest BCUT2D eigenvalue weighted by atomic mass is 16.5. The lowest BCUT2D eigenvalue weighted by Crippen LogP contribution is -2.05. The van der Waals surface area contributed by atoms with Gasteiger partial charge in [-0.3, -0.25) is 4.79 Å². The predicted octanol–water partition coefficient (Wildman–Crippen LogP) is 3.50. The molecule has 2 nitrogen and oxygen atoms in total. The van der Waals surface area contributed by atoms with Crippen LogP contribution in [0.3, 0.4) is 0 Å². The van der Waals surface area contributed by atoms with Gasteiger partial charge in [0, 0.05) is 6.42 Å². The predicted molar refractivity (Wildman–Crippen MR) is 58.9 cm³/mol. The first kappa shape index (κ1) is 13.5. The van der Waals surface area contributed by atoms with E-state index in [1.807, 2.05) is 0 Å². The summed E-state index contributed by atoms with van der Waals surface area (Å²) in [6.45, 7) is 6.47. The van der Waals surface area contributed by atoms with E-state index in [9.17, 15) is 4.79 Å². The van der Waals surface area contributed by atoms with Crippen molar-refractivity contribution in [2.45, 2.75) is 58.3 Å². The fraction of sp³-hybridized carbons (Fsp3) is 0.833. The molecular formula is C12H23O2. The van der Waals surface area contributed by atoms with Crippen LogP contribution in [0.15, 0.2) is 0 Å². The molecule has 1 radical (unpaired) electrons. The summed E-state index contributed by atoms with van der Waals surface area (Å²) in [6.07, 6.45) is 8.16. The van der Waals surface area contributed by atoms with Crippen LogP contribution < -0.4 is 0 Å². The second kappa shape index (κ2) is 10.6. The molecule has 0 heterocycles. The summed E-state index contributed by atoms with van der Waals surface area (Å²) < 4.78 is 5.06. The van der Waals surface area contributed by atoms with Gasteiger partial charge in [0.2, 0.25) is 0 Å². The van der Waals surface area contributed by atoms with Crippen LogP contribution in [0.1, 0.15) is 58.3 Å². The van der Waals surface area contributed by atoms with Crippen LogP contribution in [0.4, 0.5) is 0 Å². The average molecular weight is 199 g/mol. The van der Waals surface area contributed by atoms with Crippen molar-refractivity contribution < 1.29 is 9.53 Å². The lowest BCUT2D eigenvalue weighted by Gasteiger charge is -2.03. The zero-order valence-electron chi connectivity index (χ0n) is 9.39. The lowest BCUT2D eigenvalue weighted by atomic mass is 10.2. The third kappa shape index (κ3) is 9.56. The number of esters is 1. The zero-order chi connectivity index (χ0) is 10.6. The minimum absolute atomic E-state index is 0.0656. The van der Waals surface area contributed by atoms with E-state index in [1.54, 1.807) is 0 Å². The molecule has 0 aliphatic rings. The Kier molecular flexibility index (Phi) is 10.2. The molecule has 2 heteroatoms. The van der Waals surface area contributed by atoms with E-state index in [1.165, 1.54) is 25.7 Å². The van der Waals surface area contributed by atoms with Gasteiger partial charge in [-0.05, 0) is 12.8 Å². The molecule has 0 aliphatic heterocycles. The van der Waals surface area contributed by atoms with Crippen LogP contribution in [0, 0.1) is 6.92 Å². The monoisotopic (exact) mass is 199 g/mol. The molecule has 0 saturated heterocycles. The molecule has 0 fully saturated rings. The van der Waals surface area contributed by atoms with Crippen LogP contribution in [0.5, 0.6) is 0 Å². The Morgan fingerprint density at radius 3 is 2.50 bits per heavy atom. The highest BCUT2D eigenvalue weighted by Gasteiger charge is 2.00. The number of carbonyl (C=O) groups excluding carboxylic acids is 1. The summed E-state index contributed by atoms with van der Waals surface area (Å²) in [5, 5.41) is 0. The van der Waals surface area contributed by atoms with Gasteiger partial charge in [-0.25, -0.2) is 0 Å². The van der Waals surface area contributed by atoms with Gasteiger partial charge in [0.15, 0.2) is 0 Å². The van der Waals surface area contributed by atoms with Crippen molar-refractivity contribution in [3.8, 4) is 0 Å². The van der Waals surface area contributed by atoms with Crippen LogP contribution in [0.2, 0.25) is 0 Å². The summed E-state index contributed by atoms with van der Waals surface area (Å²) in [5.74, 6) is -0.0656. The molecule has 0 aromatic heterocycles. The van der Waals surface area contributed by atoms with Crippen molar-refractivity contribution in [3.05, 3.63) is 6.92 Å². The summed E-state index contributed by atoms with van der Waals surface area (Å²) in [6, 6.07) is 0. The topological polar surface area (TPSA) is 26.3 Å². The standard InChI is InChI=1S/C12H23O2/c1-3-5-7-8-9-11-14-12(13)10-6-4-2/h2-11H2,1H3. The highest BCUT2D eigenvalue weighted by Crippen LogP contribution is 2.03. The Balaban J connectivity index is 3.07. The Hall–Kier alpha value is -0.530. The minimum Gasteiger partial charge on any atom is -0.466 e. The molecule has 0 N–H and O–H groups in total. The zero-order valence-corrected chi connectivity index (χ0v) is 9.39. The minimum atomic E-state index is -0.0656. The molecule has 0 atom stereocenters. The molecule has 0 aliphatic carbocycles. The average Bonchev–Trinajstić information content (AvgIpc) is 2.20. The van der Waals surface area contributed by atoms with E-state index in [0.717, 1.165) is 19.3 Å². The molecule has 0 unspecified atom stereocenters. The van der Waals surface area contributed by atoms with E-state index in [0.29, 0.717) is 13.0 Å². The summed E-state index contributed by atoms with van der Waals surface area (Å²) in [4.78, 5) is 11.0. The fourth-order valence-corrected chi connectivity index (χ4v) is 1.23. The normalized spacial score (nSPS) is 10.1. The number of carbonyl (C=O) groups is 1. The Morgan fingerprint density at radius 2 is 1.86 bits per heavy atom. The molecule has 0 amide bonds. The van der Waals surface area contributed by atoms with Crippen molar-refractivity contribution in [2.75, 3.05) is 6.61 Å². The molecule has 83 valence electrons. The number of rotatable bonds is 9. The molecule has 0 aromatic rings. The van der Waals surface area contributed by atoms with Crippen LogP contribution in [-0.2, 0) is 9.53 Å². The third-order valence-corrected chi connectivity index (χ3v) is 2.14. The molecule has 14 heavy (non-hydrogen) atoms. The van der Waals surface area contributed by atoms with Gasteiger partial charge >= 0.3 is 5.97 Å². The van der Waals surface area contributed by atoms with Crippen molar-refractivity contribution in [3.63, 3.8) is 0 Å². The van der Waals surface area contributed by atoms with Crippen molar-refractivity contribution in [1.82, 2.24) is 0 Å². The molecule has 0 aromatic carbocycles. The Bertz CT molecular complexity index is 132. The largest absolute Gasteiger partial charge is 0.466 e. The van der Waals surface area contributed by atoms with Gasteiger partial charge in [0.1, 0.15) is 0 Å². The van der Waals surface area contributed by atoms with Gasteiger partial charge in [-0.1, -0.05) is 46.0 Å². The number of hydrogen-bond acceptors (Lipinski definition) is 2. The molecule has 0 rings (SSSR count). The SMILES string of the molecule is [CH2]CCCC(=O)OCCCCCCC. The van der Waals surface area contributed by atoms with Gasteiger partial charge in [0.05, 0.1) is 6.61 Å². The van der Waals surface area contributed by atoms with E-state index in [4.69, 9.17) is 4.74 Å². The first-order valence-corrected chi connectivity index (χ1v) is 5.76. The smallest absolute Gasteiger partial charge is 0.305 e. The number of unbranched alkanes of at least 4 members (excludes halogenated alkanes) is 5. The maximum atomic E-state index is 11.0. The maximum absolute atomic E-state index is 11.0. The summed E-state index contributed by atoms with van der Waals surface area (Å²) in [7, 11) is 0. The van der Waals surface area contributed by atoms with Gasteiger partial charge < -0.3 is 4.74 Å². The van der Waals surface area contributed by atoms with Gasteiger partial charge in [-0.15, -0.1) is 0 Å². The van der Waals surface area contributed by atoms with Crippen molar-refractivity contribution in [1.29, 1.82) is 0 Å². The van der Waals surface area contributed by atoms with E-state index >= 15 is 0 Å². The van der Waals surface area contributed by atoms with Crippen LogP contribution >= 0.6 is 0 Å². The van der Waals surface area contributed by atoms with E-state index in [-0.39, 0.29) is 5.97 Å². The second-order valence-corrected chi connectivity index (χ2v) is 3.59. The second-order valence-electron chi connectivity index (χ2n) is 3.59. The molecule has 0 bridgehead atoms. The van der Waals surface area contributed by atoms with Gasteiger partial charge in [0.25, 0.3) is 0 Å². The summed E-state index contributed by atoms with van der Waals surface area (Å²) >= 11 is 0. The maximum Gasteiger partial charge on any atom is 0.305 e. The highest BCUT2D eigenvalue weighted by molar-refractivity contribution is 5.69. The summed E-state index contributed by atoms with van der Waals surface area (Å²) in [5.41, 5.74) is 0. The quantitative estimate of drug-likeness (QED) is 0.419. The Labute approximate surface area is 88.0 Å². The van der Waals surface area contributed by atoms with Crippen molar-refractivity contribution in [2.24, 2.45) is 0 Å². The third-order valence-electron chi connectivity index (χ3n) is 2.14. The Morgan fingerprint density at radius 1 is 1.14 bits per heavy atom. The lowest BCUT2D eigenvalue weighted by molar-refractivity contribution is -0.143. The van der Waals surface area contributed by atoms with E-state index in [2.05, 4.69) is 13.8 Å². The number of ether oxygens (including phenoxy) is 1. The first-order valence-electron chi connectivity index (χ1n) is 5.76. The van der Waals surface area contributed by atoms with Crippen LogP contribution in [0.25, 0.3) is 0 Å². The molecular weight excluding hydrogens is 176 g/mol.